The summed E-state index contributed by atoms with van der Waals surface area (Å²) in [7, 11) is 2.06. The highest BCUT2D eigenvalue weighted by Crippen LogP contribution is 2.02. The fourth-order valence-corrected chi connectivity index (χ4v) is 2.05. The molecule has 2 rings (SSSR count). The molecule has 98 valence electrons. The van der Waals surface area contributed by atoms with Crippen molar-refractivity contribution in [2.24, 2.45) is 0 Å². The zero-order valence-corrected chi connectivity index (χ0v) is 10.3. The number of carbonyl (C=O) groups excluding carboxylic acids is 1. The van der Waals surface area contributed by atoms with Crippen molar-refractivity contribution in [3.63, 3.8) is 0 Å². The van der Waals surface area contributed by atoms with Crippen molar-refractivity contribution in [1.82, 2.24) is 15.5 Å². The van der Waals surface area contributed by atoms with Crippen LogP contribution < -0.4 is 10.6 Å². The minimum atomic E-state index is -0.356. The summed E-state index contributed by atoms with van der Waals surface area (Å²) in [6, 6.07) is 0. The summed E-state index contributed by atoms with van der Waals surface area (Å²) in [6.45, 7) is 5.13. The van der Waals surface area contributed by atoms with Gasteiger partial charge in [-0.2, -0.15) is 0 Å². The summed E-state index contributed by atoms with van der Waals surface area (Å²) in [5, 5.41) is 6.02. The average Bonchev–Trinajstić information content (AvgIpc) is 2.37. The molecule has 0 saturated carbocycles. The van der Waals surface area contributed by atoms with Gasteiger partial charge >= 0.3 is 0 Å². The maximum atomic E-state index is 11.8. The van der Waals surface area contributed by atoms with E-state index in [0.717, 1.165) is 26.2 Å². The van der Waals surface area contributed by atoms with Gasteiger partial charge in [0.15, 0.2) is 0 Å². The first kappa shape index (κ1) is 12.8. The fourth-order valence-electron chi connectivity index (χ4n) is 2.05. The van der Waals surface area contributed by atoms with E-state index >= 15 is 0 Å². The molecule has 0 aromatic carbocycles. The lowest BCUT2D eigenvalue weighted by molar-refractivity contribution is -0.135. The summed E-state index contributed by atoms with van der Waals surface area (Å²) in [4.78, 5) is 14.0. The molecule has 6 heteroatoms. The molecule has 0 aromatic heterocycles. The molecular weight excluding hydrogens is 222 g/mol. The Morgan fingerprint density at radius 2 is 2.35 bits per heavy atom. The standard InChI is InChI=1S/C11H21N3O3/c1-14-3-5-16-9(8-14)6-13-11(15)10-7-12-2-4-17-10/h9-10,12H,2-8H2,1H3,(H,13,15). The Bertz CT molecular complexity index is 256. The molecule has 2 unspecified atom stereocenters. The van der Waals surface area contributed by atoms with Gasteiger partial charge in [-0.15, -0.1) is 0 Å². The highest BCUT2D eigenvalue weighted by Gasteiger charge is 2.23. The number of hydrogen-bond acceptors (Lipinski definition) is 5. The molecule has 2 atom stereocenters. The number of morpholine rings is 2. The van der Waals surface area contributed by atoms with E-state index in [1.807, 2.05) is 0 Å². The van der Waals surface area contributed by atoms with Gasteiger partial charge in [0.2, 0.25) is 0 Å². The van der Waals surface area contributed by atoms with Crippen molar-refractivity contribution >= 4 is 5.91 Å². The normalized spacial score (nSPS) is 31.1. The number of nitrogens with one attached hydrogen (secondary N) is 2. The number of rotatable bonds is 3. The first-order chi connectivity index (χ1) is 8.25. The first-order valence-corrected chi connectivity index (χ1v) is 6.16. The highest BCUT2D eigenvalue weighted by atomic mass is 16.5. The Balaban J connectivity index is 1.68. The van der Waals surface area contributed by atoms with Gasteiger partial charge in [-0.3, -0.25) is 4.79 Å². The Morgan fingerprint density at radius 3 is 3.06 bits per heavy atom. The first-order valence-electron chi connectivity index (χ1n) is 6.16. The third-order valence-corrected chi connectivity index (χ3v) is 3.07. The topological polar surface area (TPSA) is 62.8 Å². The van der Waals surface area contributed by atoms with E-state index in [4.69, 9.17) is 9.47 Å². The molecule has 0 aromatic rings. The van der Waals surface area contributed by atoms with Gasteiger partial charge < -0.3 is 25.0 Å². The molecule has 2 aliphatic heterocycles. The van der Waals surface area contributed by atoms with E-state index in [-0.39, 0.29) is 18.1 Å². The van der Waals surface area contributed by atoms with Gasteiger partial charge in [0.05, 0.1) is 19.3 Å². The third-order valence-electron chi connectivity index (χ3n) is 3.07. The fraction of sp³-hybridized carbons (Fsp3) is 0.909. The van der Waals surface area contributed by atoms with Gasteiger partial charge in [-0.25, -0.2) is 0 Å². The average molecular weight is 243 g/mol. The number of likely N-dealkylation sites (N-methyl/N-ethyl adjacent to an activating group) is 1. The van der Waals surface area contributed by atoms with Crippen LogP contribution in [0, 0.1) is 0 Å². The van der Waals surface area contributed by atoms with Gasteiger partial charge in [0.1, 0.15) is 6.10 Å². The van der Waals surface area contributed by atoms with Crippen molar-refractivity contribution in [2.45, 2.75) is 12.2 Å². The monoisotopic (exact) mass is 243 g/mol. The predicted molar refractivity (Wildman–Crippen MR) is 62.9 cm³/mol. The van der Waals surface area contributed by atoms with E-state index in [2.05, 4.69) is 22.6 Å². The van der Waals surface area contributed by atoms with Crippen molar-refractivity contribution in [2.75, 3.05) is 53.0 Å². The Labute approximate surface area is 102 Å². The smallest absolute Gasteiger partial charge is 0.250 e. The summed E-state index contributed by atoms with van der Waals surface area (Å²) in [5.41, 5.74) is 0. The van der Waals surface area contributed by atoms with Crippen LogP contribution in [0.2, 0.25) is 0 Å². The van der Waals surface area contributed by atoms with Crippen LogP contribution in [0.15, 0.2) is 0 Å². The molecular formula is C11H21N3O3. The minimum Gasteiger partial charge on any atom is -0.374 e. The summed E-state index contributed by atoms with van der Waals surface area (Å²) in [5.74, 6) is -0.0472. The molecule has 2 N–H and O–H groups in total. The second kappa shape index (κ2) is 6.30. The molecule has 17 heavy (non-hydrogen) atoms. The zero-order valence-electron chi connectivity index (χ0n) is 10.3. The minimum absolute atomic E-state index is 0.0472. The van der Waals surface area contributed by atoms with Gasteiger partial charge in [-0.1, -0.05) is 0 Å². The van der Waals surface area contributed by atoms with E-state index in [0.29, 0.717) is 19.7 Å². The molecule has 2 aliphatic rings. The lowest BCUT2D eigenvalue weighted by Gasteiger charge is -2.30. The zero-order chi connectivity index (χ0) is 12.1. The molecule has 0 spiro atoms. The highest BCUT2D eigenvalue weighted by molar-refractivity contribution is 5.81. The van der Waals surface area contributed by atoms with E-state index in [1.165, 1.54) is 0 Å². The van der Waals surface area contributed by atoms with Gasteiger partial charge in [0.25, 0.3) is 5.91 Å². The Hall–Kier alpha value is -0.690. The summed E-state index contributed by atoms with van der Waals surface area (Å²) >= 11 is 0. The predicted octanol–water partition coefficient (Wildman–Crippen LogP) is -1.58. The van der Waals surface area contributed by atoms with Crippen LogP contribution in [0.5, 0.6) is 0 Å². The van der Waals surface area contributed by atoms with Crippen molar-refractivity contribution < 1.29 is 14.3 Å². The number of nitrogens with zero attached hydrogens (tertiary/aromatic N) is 1. The molecule has 2 saturated heterocycles. The van der Waals surface area contributed by atoms with Crippen LogP contribution in [0.4, 0.5) is 0 Å². The molecule has 0 bridgehead atoms. The molecule has 2 fully saturated rings. The number of ether oxygens (including phenoxy) is 2. The quantitative estimate of drug-likeness (QED) is 0.626. The van der Waals surface area contributed by atoms with Gasteiger partial charge in [0, 0.05) is 32.7 Å². The number of hydrogen-bond donors (Lipinski definition) is 2. The van der Waals surface area contributed by atoms with E-state index in [1.54, 1.807) is 0 Å². The molecule has 0 radical (unpaired) electrons. The lowest BCUT2D eigenvalue weighted by atomic mass is 10.2. The lowest BCUT2D eigenvalue weighted by Crippen LogP contribution is -2.51. The Morgan fingerprint density at radius 1 is 1.47 bits per heavy atom. The van der Waals surface area contributed by atoms with Crippen LogP contribution in [-0.2, 0) is 14.3 Å². The van der Waals surface area contributed by atoms with Crippen molar-refractivity contribution in [1.29, 1.82) is 0 Å². The summed E-state index contributed by atoms with van der Waals surface area (Å²) in [6.07, 6.45) is -0.265. The second-order valence-corrected chi connectivity index (χ2v) is 4.56. The Kier molecular flexibility index (Phi) is 4.73. The number of amides is 1. The third kappa shape index (κ3) is 3.92. The molecule has 6 nitrogen and oxygen atoms in total. The van der Waals surface area contributed by atoms with Crippen LogP contribution in [0.25, 0.3) is 0 Å². The molecule has 1 amide bonds. The van der Waals surface area contributed by atoms with Crippen LogP contribution in [0.1, 0.15) is 0 Å². The largest absolute Gasteiger partial charge is 0.374 e. The summed E-state index contributed by atoms with van der Waals surface area (Å²) < 4.78 is 10.9. The van der Waals surface area contributed by atoms with Crippen LogP contribution >= 0.6 is 0 Å². The van der Waals surface area contributed by atoms with E-state index < -0.39 is 0 Å². The SMILES string of the molecule is CN1CCOC(CNC(=O)C2CNCCO2)C1. The van der Waals surface area contributed by atoms with E-state index in [9.17, 15) is 4.79 Å². The molecule has 0 aliphatic carbocycles. The molecule has 2 heterocycles. The van der Waals surface area contributed by atoms with Gasteiger partial charge in [-0.05, 0) is 7.05 Å². The van der Waals surface area contributed by atoms with Crippen LogP contribution in [0.3, 0.4) is 0 Å². The maximum Gasteiger partial charge on any atom is 0.250 e. The number of carbonyl (C=O) groups is 1. The maximum absolute atomic E-state index is 11.8. The second-order valence-electron chi connectivity index (χ2n) is 4.56. The van der Waals surface area contributed by atoms with Crippen molar-refractivity contribution in [3.05, 3.63) is 0 Å². The van der Waals surface area contributed by atoms with Crippen molar-refractivity contribution in [3.8, 4) is 0 Å². The van der Waals surface area contributed by atoms with Crippen LogP contribution in [-0.4, -0.2) is 76.0 Å².